The van der Waals surface area contributed by atoms with Crippen molar-refractivity contribution >= 4 is 16.0 Å². The molecule has 0 amide bonds. The van der Waals surface area contributed by atoms with Gasteiger partial charge in [0.1, 0.15) is 0 Å². The molecule has 0 bridgehead atoms. The molecule has 0 aromatic heterocycles. The van der Waals surface area contributed by atoms with Crippen LogP contribution in [0.1, 0.15) is 6.42 Å². The van der Waals surface area contributed by atoms with Gasteiger partial charge in [0, 0.05) is 13.7 Å². The van der Waals surface area contributed by atoms with Gasteiger partial charge in [-0.25, -0.2) is 13.1 Å². The van der Waals surface area contributed by atoms with E-state index in [2.05, 4.69) is 14.2 Å². The largest absolute Gasteiger partial charge is 0.468 e. The number of aliphatic hydroxyl groups is 1. The van der Waals surface area contributed by atoms with Gasteiger partial charge < -0.3 is 14.6 Å². The summed E-state index contributed by atoms with van der Waals surface area (Å²) >= 11 is 0. The van der Waals surface area contributed by atoms with Crippen molar-refractivity contribution in [1.29, 1.82) is 0 Å². The number of ether oxygens (including phenoxy) is 2. The Morgan fingerprint density at radius 2 is 2.06 bits per heavy atom. The van der Waals surface area contributed by atoms with E-state index in [1.807, 2.05) is 0 Å². The summed E-state index contributed by atoms with van der Waals surface area (Å²) in [7, 11) is -1.13. The van der Waals surface area contributed by atoms with Crippen molar-refractivity contribution in [2.45, 2.75) is 12.5 Å². The summed E-state index contributed by atoms with van der Waals surface area (Å²) in [5.41, 5.74) is 0. The number of hydrogen-bond acceptors (Lipinski definition) is 6. The number of esters is 1. The van der Waals surface area contributed by atoms with Gasteiger partial charge in [-0.1, -0.05) is 0 Å². The molecule has 1 unspecified atom stereocenters. The Hall–Kier alpha value is -0.700. The summed E-state index contributed by atoms with van der Waals surface area (Å²) in [5, 5.41) is 9.22. The second kappa shape index (κ2) is 7.55. The summed E-state index contributed by atoms with van der Waals surface area (Å²) < 4.78 is 33.5. The molecule has 0 radical (unpaired) electrons. The molecular weight excluding hydrogens is 238 g/mol. The number of sulfonamides is 1. The highest BCUT2D eigenvalue weighted by Crippen LogP contribution is 1.93. The number of methoxy groups -OCH3 is 2. The van der Waals surface area contributed by atoms with E-state index in [1.165, 1.54) is 7.11 Å². The predicted molar refractivity (Wildman–Crippen MR) is 56.3 cm³/mol. The van der Waals surface area contributed by atoms with Crippen LogP contribution in [0.5, 0.6) is 0 Å². The van der Waals surface area contributed by atoms with Crippen LogP contribution in [0.4, 0.5) is 0 Å². The summed E-state index contributed by atoms with van der Waals surface area (Å²) in [6, 6.07) is 0. The average Bonchev–Trinajstić information content (AvgIpc) is 2.16. The fraction of sp³-hybridized carbons (Fsp3) is 0.875. The van der Waals surface area contributed by atoms with Crippen LogP contribution in [0.3, 0.4) is 0 Å². The van der Waals surface area contributed by atoms with Crippen molar-refractivity contribution in [1.82, 2.24) is 4.72 Å². The number of carbonyl (C=O) groups excluding carboxylic acids is 1. The molecule has 0 heterocycles. The molecule has 2 N–H and O–H groups in total. The van der Waals surface area contributed by atoms with Gasteiger partial charge in [-0.15, -0.1) is 0 Å². The molecule has 7 nitrogen and oxygen atoms in total. The van der Waals surface area contributed by atoms with Crippen LogP contribution >= 0.6 is 0 Å². The maximum Gasteiger partial charge on any atom is 0.322 e. The smallest absolute Gasteiger partial charge is 0.322 e. The minimum Gasteiger partial charge on any atom is -0.468 e. The summed E-state index contributed by atoms with van der Waals surface area (Å²) in [4.78, 5) is 10.7. The molecule has 0 saturated heterocycles. The minimum atomic E-state index is -3.68. The van der Waals surface area contributed by atoms with Crippen LogP contribution < -0.4 is 4.72 Å². The van der Waals surface area contributed by atoms with Gasteiger partial charge in [-0.05, 0) is 6.42 Å². The lowest BCUT2D eigenvalue weighted by Gasteiger charge is -2.09. The first-order valence-corrected chi connectivity index (χ1v) is 6.27. The molecule has 1 atom stereocenters. The molecule has 96 valence electrons. The Labute approximate surface area is 94.8 Å². The van der Waals surface area contributed by atoms with Gasteiger partial charge in [0.2, 0.25) is 10.0 Å². The lowest BCUT2D eigenvalue weighted by Crippen LogP contribution is -2.33. The topological polar surface area (TPSA) is 102 Å². The number of hydrogen-bond donors (Lipinski definition) is 2. The molecule has 0 aliphatic heterocycles. The average molecular weight is 255 g/mol. The summed E-state index contributed by atoms with van der Waals surface area (Å²) in [6.45, 7) is 0.183. The van der Waals surface area contributed by atoms with Crippen LogP contribution in [0.15, 0.2) is 0 Å². The van der Waals surface area contributed by atoms with Crippen molar-refractivity contribution in [3.05, 3.63) is 0 Å². The Kier molecular flexibility index (Phi) is 7.22. The van der Waals surface area contributed by atoms with E-state index in [0.717, 1.165) is 7.11 Å². The first kappa shape index (κ1) is 15.3. The van der Waals surface area contributed by atoms with E-state index >= 15 is 0 Å². The number of rotatable bonds is 8. The van der Waals surface area contributed by atoms with E-state index in [9.17, 15) is 18.3 Å². The van der Waals surface area contributed by atoms with Crippen molar-refractivity contribution in [2.75, 3.05) is 33.1 Å². The highest BCUT2D eigenvalue weighted by Gasteiger charge is 2.16. The van der Waals surface area contributed by atoms with Gasteiger partial charge in [0.25, 0.3) is 0 Å². The molecule has 0 spiro atoms. The van der Waals surface area contributed by atoms with Crippen molar-refractivity contribution in [3.8, 4) is 0 Å². The Morgan fingerprint density at radius 1 is 1.44 bits per heavy atom. The lowest BCUT2D eigenvalue weighted by atomic mass is 10.3. The van der Waals surface area contributed by atoms with E-state index < -0.39 is 27.8 Å². The maximum absolute atomic E-state index is 11.2. The molecule has 0 saturated carbocycles. The van der Waals surface area contributed by atoms with E-state index in [-0.39, 0.29) is 19.6 Å². The van der Waals surface area contributed by atoms with Crippen LogP contribution in [-0.2, 0) is 24.3 Å². The Balaban J connectivity index is 3.87. The van der Waals surface area contributed by atoms with E-state index in [0.29, 0.717) is 0 Å². The first-order valence-electron chi connectivity index (χ1n) is 4.62. The van der Waals surface area contributed by atoms with Gasteiger partial charge in [0.05, 0.1) is 19.8 Å². The number of aliphatic hydroxyl groups excluding tert-OH is 1. The van der Waals surface area contributed by atoms with E-state index in [1.54, 1.807) is 0 Å². The number of carbonyl (C=O) groups is 1. The Bertz CT molecular complexity index is 302. The maximum atomic E-state index is 11.2. The standard InChI is InChI=1S/C8H17NO6S/c1-14-5-7(10)3-4-9-16(12,13)6-8(11)15-2/h7,9-10H,3-6H2,1-2H3. The molecule has 0 rings (SSSR count). The Morgan fingerprint density at radius 3 is 2.56 bits per heavy atom. The van der Waals surface area contributed by atoms with Crippen LogP contribution in [0, 0.1) is 0 Å². The fourth-order valence-corrected chi connectivity index (χ4v) is 1.88. The molecule has 8 heteroatoms. The van der Waals surface area contributed by atoms with Crippen LogP contribution in [0.25, 0.3) is 0 Å². The molecule has 0 aliphatic rings. The first-order chi connectivity index (χ1) is 7.41. The van der Waals surface area contributed by atoms with Crippen molar-refractivity contribution < 1.29 is 27.8 Å². The highest BCUT2D eigenvalue weighted by molar-refractivity contribution is 7.90. The zero-order chi connectivity index (χ0) is 12.6. The van der Waals surface area contributed by atoms with Crippen LogP contribution in [-0.4, -0.2) is 58.7 Å². The quantitative estimate of drug-likeness (QED) is 0.510. The minimum absolute atomic E-state index is 0.0455. The SMILES string of the molecule is COCC(O)CCNS(=O)(=O)CC(=O)OC. The van der Waals surface area contributed by atoms with Gasteiger partial charge >= 0.3 is 5.97 Å². The monoisotopic (exact) mass is 255 g/mol. The second-order valence-corrected chi connectivity index (χ2v) is 4.93. The normalized spacial score (nSPS) is 13.4. The highest BCUT2D eigenvalue weighted by atomic mass is 32.2. The second-order valence-electron chi connectivity index (χ2n) is 3.13. The molecular formula is C8H17NO6S. The third kappa shape index (κ3) is 7.57. The van der Waals surface area contributed by atoms with Gasteiger partial charge in [-0.2, -0.15) is 0 Å². The number of nitrogens with one attached hydrogen (secondary N) is 1. The third-order valence-electron chi connectivity index (χ3n) is 1.69. The van der Waals surface area contributed by atoms with Gasteiger partial charge in [0.15, 0.2) is 5.75 Å². The zero-order valence-corrected chi connectivity index (χ0v) is 10.1. The van der Waals surface area contributed by atoms with Crippen LogP contribution in [0.2, 0.25) is 0 Å². The van der Waals surface area contributed by atoms with Crippen molar-refractivity contribution in [2.24, 2.45) is 0 Å². The third-order valence-corrected chi connectivity index (χ3v) is 2.95. The van der Waals surface area contributed by atoms with Gasteiger partial charge in [-0.3, -0.25) is 4.79 Å². The fourth-order valence-electron chi connectivity index (χ4n) is 0.922. The summed E-state index contributed by atoms with van der Waals surface area (Å²) in [6.07, 6.45) is -0.514. The molecule has 0 fully saturated rings. The zero-order valence-electron chi connectivity index (χ0n) is 9.30. The predicted octanol–water partition coefficient (Wildman–Crippen LogP) is -1.52. The molecule has 0 aromatic rings. The molecule has 16 heavy (non-hydrogen) atoms. The van der Waals surface area contributed by atoms with Crippen molar-refractivity contribution in [3.63, 3.8) is 0 Å². The lowest BCUT2D eigenvalue weighted by molar-refractivity contribution is -0.137. The molecule has 0 aromatic carbocycles. The summed E-state index contributed by atoms with van der Waals surface area (Å²) in [5.74, 6) is -1.55. The van der Waals surface area contributed by atoms with E-state index in [4.69, 9.17) is 0 Å². The molecule has 0 aliphatic carbocycles.